The van der Waals surface area contributed by atoms with E-state index < -0.39 is 0 Å². The summed E-state index contributed by atoms with van der Waals surface area (Å²) >= 11 is 1.75. The molecule has 1 atom stereocenters. The van der Waals surface area contributed by atoms with Crippen molar-refractivity contribution in [3.63, 3.8) is 0 Å². The standard InChI is InChI=1S/C19H26N4OS/c1-2-14(1)10-23-19-16(9-21-23)5-7-22(11-18-20-6-8-25-18)17(19)13-24-12-15-3-4-15/h6,8-9,14-15,17H,1-5,7,10-13H2/t17-/m1/s1. The molecular weight excluding hydrogens is 332 g/mol. The first-order chi connectivity index (χ1) is 12.4. The summed E-state index contributed by atoms with van der Waals surface area (Å²) in [5.41, 5.74) is 2.83. The zero-order chi connectivity index (χ0) is 16.6. The highest BCUT2D eigenvalue weighted by Gasteiger charge is 2.34. The lowest BCUT2D eigenvalue weighted by Crippen LogP contribution is -2.38. The first-order valence-electron chi connectivity index (χ1n) is 9.61. The van der Waals surface area contributed by atoms with Crippen LogP contribution in [0, 0.1) is 11.8 Å². The zero-order valence-electron chi connectivity index (χ0n) is 14.6. The van der Waals surface area contributed by atoms with Crippen molar-refractivity contribution >= 4 is 11.3 Å². The predicted molar refractivity (Wildman–Crippen MR) is 97.5 cm³/mol. The molecule has 0 amide bonds. The summed E-state index contributed by atoms with van der Waals surface area (Å²) in [6.45, 7) is 4.78. The lowest BCUT2D eigenvalue weighted by atomic mass is 10.00. The van der Waals surface area contributed by atoms with E-state index in [0.29, 0.717) is 6.04 Å². The van der Waals surface area contributed by atoms with E-state index in [2.05, 4.69) is 26.1 Å². The van der Waals surface area contributed by atoms with Crippen LogP contribution in [0.1, 0.15) is 48.0 Å². The molecule has 2 aliphatic carbocycles. The third-order valence-electron chi connectivity index (χ3n) is 5.66. The maximum atomic E-state index is 6.15. The molecule has 0 unspecified atom stereocenters. The monoisotopic (exact) mass is 358 g/mol. The van der Waals surface area contributed by atoms with Crippen molar-refractivity contribution in [3.8, 4) is 0 Å². The highest BCUT2D eigenvalue weighted by Crippen LogP contribution is 2.36. The SMILES string of the molecule is c1csc(CN2CCc3cnn(CC4CC4)c3[C@H]2COCC2CC2)n1. The molecule has 2 aromatic rings. The summed E-state index contributed by atoms with van der Waals surface area (Å²) in [7, 11) is 0. The molecule has 0 radical (unpaired) electrons. The quantitative estimate of drug-likeness (QED) is 0.726. The first kappa shape index (κ1) is 16.0. The van der Waals surface area contributed by atoms with E-state index in [9.17, 15) is 0 Å². The van der Waals surface area contributed by atoms with Crippen LogP contribution in [-0.2, 0) is 24.2 Å². The number of nitrogens with zero attached hydrogens (tertiary/aromatic N) is 4. The van der Waals surface area contributed by atoms with Crippen LogP contribution in [0.5, 0.6) is 0 Å². The summed E-state index contributed by atoms with van der Waals surface area (Å²) in [5.74, 6) is 1.65. The van der Waals surface area contributed by atoms with Gasteiger partial charge >= 0.3 is 0 Å². The topological polar surface area (TPSA) is 43.2 Å². The van der Waals surface area contributed by atoms with E-state index in [1.54, 1.807) is 11.3 Å². The van der Waals surface area contributed by atoms with Gasteiger partial charge in [-0.3, -0.25) is 9.58 Å². The second-order valence-electron chi connectivity index (χ2n) is 7.82. The zero-order valence-corrected chi connectivity index (χ0v) is 15.5. The van der Waals surface area contributed by atoms with Crippen molar-refractivity contribution in [1.29, 1.82) is 0 Å². The van der Waals surface area contributed by atoms with E-state index >= 15 is 0 Å². The fourth-order valence-corrected chi connectivity index (χ4v) is 4.45. The Morgan fingerprint density at radius 3 is 2.80 bits per heavy atom. The molecule has 25 heavy (non-hydrogen) atoms. The Labute approximate surface area is 153 Å². The number of thiazole rings is 1. The average Bonchev–Trinajstić information content (AvgIpc) is 3.52. The molecule has 0 spiro atoms. The van der Waals surface area contributed by atoms with Crippen LogP contribution in [0.25, 0.3) is 0 Å². The first-order valence-corrected chi connectivity index (χ1v) is 10.5. The number of hydrogen-bond acceptors (Lipinski definition) is 5. The van der Waals surface area contributed by atoms with Gasteiger partial charge < -0.3 is 4.74 Å². The Kier molecular flexibility index (Phi) is 4.36. The van der Waals surface area contributed by atoms with Gasteiger partial charge in [0.25, 0.3) is 0 Å². The Bertz CT molecular complexity index is 705. The van der Waals surface area contributed by atoms with Crippen molar-refractivity contribution in [2.24, 2.45) is 11.8 Å². The van der Waals surface area contributed by atoms with Crippen LogP contribution < -0.4 is 0 Å². The Morgan fingerprint density at radius 1 is 1.16 bits per heavy atom. The average molecular weight is 359 g/mol. The minimum Gasteiger partial charge on any atom is -0.379 e. The minimum atomic E-state index is 0.313. The number of fused-ring (bicyclic) bond motifs is 1. The van der Waals surface area contributed by atoms with Gasteiger partial charge in [0, 0.05) is 31.3 Å². The van der Waals surface area contributed by atoms with E-state index in [1.807, 2.05) is 6.20 Å². The van der Waals surface area contributed by atoms with Gasteiger partial charge in [0.1, 0.15) is 5.01 Å². The van der Waals surface area contributed by atoms with Crippen molar-refractivity contribution in [2.45, 2.75) is 51.2 Å². The van der Waals surface area contributed by atoms with Crippen LogP contribution in [0.3, 0.4) is 0 Å². The molecule has 0 saturated heterocycles. The van der Waals surface area contributed by atoms with Crippen molar-refractivity contribution in [2.75, 3.05) is 19.8 Å². The molecule has 6 heteroatoms. The van der Waals surface area contributed by atoms with Gasteiger partial charge in [0.15, 0.2) is 0 Å². The minimum absolute atomic E-state index is 0.313. The largest absolute Gasteiger partial charge is 0.379 e. The summed E-state index contributed by atoms with van der Waals surface area (Å²) in [6, 6.07) is 0.313. The highest BCUT2D eigenvalue weighted by atomic mass is 32.1. The second kappa shape index (κ2) is 6.82. The molecule has 2 saturated carbocycles. The van der Waals surface area contributed by atoms with E-state index in [1.165, 1.54) is 41.9 Å². The fraction of sp³-hybridized carbons (Fsp3) is 0.684. The van der Waals surface area contributed by atoms with E-state index in [0.717, 1.165) is 51.1 Å². The highest BCUT2D eigenvalue weighted by molar-refractivity contribution is 7.09. The fourth-order valence-electron chi connectivity index (χ4n) is 3.80. The lowest BCUT2D eigenvalue weighted by molar-refractivity contribution is 0.0406. The second-order valence-corrected chi connectivity index (χ2v) is 8.80. The van der Waals surface area contributed by atoms with Gasteiger partial charge in [0.05, 0.1) is 31.1 Å². The summed E-state index contributed by atoms with van der Waals surface area (Å²) in [6.07, 6.45) is 10.5. The third-order valence-corrected chi connectivity index (χ3v) is 6.43. The molecule has 2 aromatic heterocycles. The van der Waals surface area contributed by atoms with E-state index in [-0.39, 0.29) is 0 Å². The maximum Gasteiger partial charge on any atom is 0.107 e. The Morgan fingerprint density at radius 2 is 2.04 bits per heavy atom. The van der Waals surface area contributed by atoms with Gasteiger partial charge in [-0.15, -0.1) is 11.3 Å². The molecule has 3 heterocycles. The molecule has 0 bridgehead atoms. The van der Waals surface area contributed by atoms with Gasteiger partial charge in [-0.25, -0.2) is 4.98 Å². The van der Waals surface area contributed by atoms with Gasteiger partial charge in [-0.05, 0) is 49.5 Å². The van der Waals surface area contributed by atoms with Crippen LogP contribution in [0.4, 0.5) is 0 Å². The predicted octanol–water partition coefficient (Wildman–Crippen LogP) is 3.28. The third kappa shape index (κ3) is 3.66. The molecule has 1 aliphatic heterocycles. The van der Waals surface area contributed by atoms with Crippen molar-refractivity contribution in [3.05, 3.63) is 34.0 Å². The van der Waals surface area contributed by atoms with Crippen LogP contribution >= 0.6 is 11.3 Å². The van der Waals surface area contributed by atoms with Gasteiger partial charge in [0.2, 0.25) is 0 Å². The lowest BCUT2D eigenvalue weighted by Gasteiger charge is -2.35. The van der Waals surface area contributed by atoms with Crippen LogP contribution in [0.2, 0.25) is 0 Å². The van der Waals surface area contributed by atoms with E-state index in [4.69, 9.17) is 9.84 Å². The number of hydrogen-bond donors (Lipinski definition) is 0. The normalized spacial score (nSPS) is 23.8. The van der Waals surface area contributed by atoms with Gasteiger partial charge in [-0.2, -0.15) is 5.10 Å². The maximum absolute atomic E-state index is 6.15. The summed E-state index contributed by atoms with van der Waals surface area (Å²) in [5, 5.41) is 8.00. The molecule has 5 rings (SSSR count). The molecule has 5 nitrogen and oxygen atoms in total. The van der Waals surface area contributed by atoms with Crippen molar-refractivity contribution in [1.82, 2.24) is 19.7 Å². The smallest absolute Gasteiger partial charge is 0.107 e. The molecule has 0 aromatic carbocycles. The number of rotatable bonds is 8. The molecule has 3 aliphatic rings. The summed E-state index contributed by atoms with van der Waals surface area (Å²) < 4.78 is 8.43. The number of ether oxygens (including phenoxy) is 1. The van der Waals surface area contributed by atoms with Crippen molar-refractivity contribution < 1.29 is 4.74 Å². The molecule has 2 fully saturated rings. The molecular formula is C19H26N4OS. The Hall–Kier alpha value is -1.24. The summed E-state index contributed by atoms with van der Waals surface area (Å²) in [4.78, 5) is 7.06. The van der Waals surface area contributed by atoms with Crippen LogP contribution in [-0.4, -0.2) is 39.4 Å². The van der Waals surface area contributed by atoms with Gasteiger partial charge in [-0.1, -0.05) is 0 Å². The molecule has 134 valence electrons. The molecule has 0 N–H and O–H groups in total. The number of aromatic nitrogens is 3. The van der Waals surface area contributed by atoms with Crippen LogP contribution in [0.15, 0.2) is 17.8 Å². The Balaban J connectivity index is 1.37.